The molecule has 0 radical (unpaired) electrons. The van der Waals surface area contributed by atoms with Crippen LogP contribution in [0.3, 0.4) is 0 Å². The number of ether oxygens (including phenoxy) is 2. The minimum atomic E-state index is -0.870. The number of para-hydroxylation sites is 1. The zero-order valence-electron chi connectivity index (χ0n) is 10.8. The van der Waals surface area contributed by atoms with Crippen molar-refractivity contribution in [3.05, 3.63) is 30.3 Å². The monoisotopic (exact) mass is 278 g/mol. The minimum Gasteiger partial charge on any atom is -0.484 e. The quantitative estimate of drug-likeness (QED) is 0.563. The van der Waals surface area contributed by atoms with E-state index in [9.17, 15) is 14.4 Å². The predicted molar refractivity (Wildman–Crippen MR) is 67.6 cm³/mol. The molecule has 1 heterocycles. The van der Waals surface area contributed by atoms with Gasteiger partial charge in [0.1, 0.15) is 5.75 Å². The number of carbonyl (C=O) groups is 3. The molecule has 1 fully saturated rings. The molecule has 2 rings (SSSR count). The Morgan fingerprint density at radius 1 is 1.30 bits per heavy atom. The Kier molecular flexibility index (Phi) is 4.19. The fraction of sp³-hybridized carbons (Fsp3) is 0.308. The number of nitrogens with one attached hydrogen (secondary N) is 2. The molecule has 0 aromatic heterocycles. The van der Waals surface area contributed by atoms with Crippen LogP contribution in [0.15, 0.2) is 30.3 Å². The van der Waals surface area contributed by atoms with Gasteiger partial charge in [0.15, 0.2) is 12.6 Å². The number of esters is 1. The summed E-state index contributed by atoms with van der Waals surface area (Å²) < 4.78 is 10.0. The van der Waals surface area contributed by atoms with Gasteiger partial charge in [-0.15, -0.1) is 0 Å². The molecule has 1 aliphatic heterocycles. The van der Waals surface area contributed by atoms with E-state index >= 15 is 0 Å². The molecule has 0 saturated carbocycles. The van der Waals surface area contributed by atoms with Gasteiger partial charge in [-0.1, -0.05) is 18.2 Å². The highest BCUT2D eigenvalue weighted by Gasteiger charge is 2.42. The number of hydrogen-bond donors (Lipinski definition) is 2. The van der Waals surface area contributed by atoms with Crippen LogP contribution >= 0.6 is 0 Å². The molecule has 1 aromatic rings. The Morgan fingerprint density at radius 3 is 2.60 bits per heavy atom. The van der Waals surface area contributed by atoms with E-state index in [0.717, 1.165) is 0 Å². The van der Waals surface area contributed by atoms with E-state index in [1.807, 2.05) is 6.07 Å². The van der Waals surface area contributed by atoms with Gasteiger partial charge in [-0.25, -0.2) is 0 Å². The van der Waals surface area contributed by atoms with E-state index in [1.165, 1.54) is 6.92 Å². The van der Waals surface area contributed by atoms with E-state index in [2.05, 4.69) is 10.6 Å². The Labute approximate surface area is 115 Å². The fourth-order valence-electron chi connectivity index (χ4n) is 1.65. The summed E-state index contributed by atoms with van der Waals surface area (Å²) >= 11 is 0. The first-order chi connectivity index (χ1) is 9.56. The van der Waals surface area contributed by atoms with Crippen molar-refractivity contribution >= 4 is 17.8 Å². The third-order valence-electron chi connectivity index (χ3n) is 2.59. The SMILES string of the molecule is CC(=O)OC1NC(=O)[C@@H]1NC(=O)COc1ccccc1. The highest BCUT2D eigenvalue weighted by atomic mass is 16.6. The second-order valence-corrected chi connectivity index (χ2v) is 4.19. The molecule has 0 spiro atoms. The number of carbonyl (C=O) groups excluding carboxylic acids is 3. The normalized spacial score (nSPS) is 20.4. The third kappa shape index (κ3) is 3.47. The lowest BCUT2D eigenvalue weighted by atomic mass is 10.1. The number of benzene rings is 1. The summed E-state index contributed by atoms with van der Waals surface area (Å²) in [4.78, 5) is 33.7. The molecule has 1 aromatic carbocycles. The van der Waals surface area contributed by atoms with E-state index in [0.29, 0.717) is 5.75 Å². The van der Waals surface area contributed by atoms with Crippen LogP contribution in [0.1, 0.15) is 6.92 Å². The highest BCUT2D eigenvalue weighted by molar-refractivity contribution is 5.93. The Hall–Kier alpha value is -2.57. The van der Waals surface area contributed by atoms with Crippen LogP contribution in [0, 0.1) is 0 Å². The Morgan fingerprint density at radius 2 is 2.00 bits per heavy atom. The maximum absolute atomic E-state index is 11.6. The van der Waals surface area contributed by atoms with Crippen molar-refractivity contribution in [1.82, 2.24) is 10.6 Å². The first-order valence-electron chi connectivity index (χ1n) is 6.01. The second kappa shape index (κ2) is 6.05. The van der Waals surface area contributed by atoms with Gasteiger partial charge >= 0.3 is 5.97 Å². The zero-order chi connectivity index (χ0) is 14.5. The average molecular weight is 278 g/mol. The molecular weight excluding hydrogens is 264 g/mol. The van der Waals surface area contributed by atoms with E-state index < -0.39 is 30.1 Å². The molecule has 2 amide bonds. The van der Waals surface area contributed by atoms with Crippen LogP contribution in [0.5, 0.6) is 5.75 Å². The van der Waals surface area contributed by atoms with Gasteiger partial charge in [-0.2, -0.15) is 0 Å². The summed E-state index contributed by atoms with van der Waals surface area (Å²) in [7, 11) is 0. The minimum absolute atomic E-state index is 0.222. The molecule has 20 heavy (non-hydrogen) atoms. The highest BCUT2D eigenvalue weighted by Crippen LogP contribution is 2.10. The molecule has 2 atom stereocenters. The molecule has 2 N–H and O–H groups in total. The van der Waals surface area contributed by atoms with Gasteiger partial charge in [0.25, 0.3) is 11.8 Å². The topological polar surface area (TPSA) is 93.7 Å². The van der Waals surface area contributed by atoms with Crippen LogP contribution < -0.4 is 15.4 Å². The lowest BCUT2D eigenvalue weighted by molar-refractivity contribution is -0.164. The Bertz CT molecular complexity index is 517. The van der Waals surface area contributed by atoms with Gasteiger partial charge < -0.3 is 20.1 Å². The second-order valence-electron chi connectivity index (χ2n) is 4.19. The molecule has 1 aliphatic rings. The van der Waals surface area contributed by atoms with E-state index in [1.54, 1.807) is 24.3 Å². The van der Waals surface area contributed by atoms with Gasteiger partial charge in [0, 0.05) is 6.92 Å². The lowest BCUT2D eigenvalue weighted by Crippen LogP contribution is -2.70. The molecule has 1 saturated heterocycles. The van der Waals surface area contributed by atoms with Crippen LogP contribution in [0.25, 0.3) is 0 Å². The molecule has 7 heteroatoms. The molecule has 1 unspecified atom stereocenters. The van der Waals surface area contributed by atoms with E-state index in [4.69, 9.17) is 9.47 Å². The standard InChI is InChI=1S/C13H14N2O5/c1-8(16)20-13-11(12(18)15-13)14-10(17)7-19-9-5-3-2-4-6-9/h2-6,11,13H,7H2,1H3,(H,14,17)(H,15,18)/t11-,13?/m0/s1. The third-order valence-corrected chi connectivity index (χ3v) is 2.59. The summed E-state index contributed by atoms with van der Waals surface area (Å²) in [6, 6.07) is 7.95. The maximum Gasteiger partial charge on any atom is 0.304 e. The predicted octanol–water partition coefficient (Wildman–Crippen LogP) is -0.431. The summed E-state index contributed by atoms with van der Waals surface area (Å²) in [5.74, 6) is -0.845. The first kappa shape index (κ1) is 13.9. The molecule has 0 aliphatic carbocycles. The van der Waals surface area contributed by atoms with Crippen molar-refractivity contribution in [2.24, 2.45) is 0 Å². The lowest BCUT2D eigenvalue weighted by Gasteiger charge is -2.35. The van der Waals surface area contributed by atoms with Gasteiger partial charge in [-0.05, 0) is 12.1 Å². The molecule has 0 bridgehead atoms. The number of rotatable bonds is 5. The van der Waals surface area contributed by atoms with Crippen molar-refractivity contribution < 1.29 is 23.9 Å². The fourth-order valence-corrected chi connectivity index (χ4v) is 1.65. The summed E-state index contributed by atoms with van der Waals surface area (Å²) in [6.45, 7) is 1.00. The van der Waals surface area contributed by atoms with Crippen LogP contribution in [-0.2, 0) is 19.1 Å². The molecule has 106 valence electrons. The summed E-state index contributed by atoms with van der Waals surface area (Å²) in [6.07, 6.45) is -0.819. The largest absolute Gasteiger partial charge is 0.484 e. The smallest absolute Gasteiger partial charge is 0.304 e. The van der Waals surface area contributed by atoms with Gasteiger partial charge in [0.2, 0.25) is 6.23 Å². The van der Waals surface area contributed by atoms with Crippen molar-refractivity contribution in [2.45, 2.75) is 19.2 Å². The Balaban J connectivity index is 1.79. The maximum atomic E-state index is 11.6. The van der Waals surface area contributed by atoms with Crippen LogP contribution in [0.2, 0.25) is 0 Å². The van der Waals surface area contributed by atoms with Crippen molar-refractivity contribution in [2.75, 3.05) is 6.61 Å². The average Bonchev–Trinajstić information content (AvgIpc) is 2.43. The number of hydrogen-bond acceptors (Lipinski definition) is 5. The first-order valence-corrected chi connectivity index (χ1v) is 6.01. The summed E-state index contributed by atoms with van der Waals surface area (Å²) in [5, 5.41) is 4.80. The molecule has 7 nitrogen and oxygen atoms in total. The van der Waals surface area contributed by atoms with Crippen LogP contribution in [-0.4, -0.2) is 36.7 Å². The van der Waals surface area contributed by atoms with E-state index in [-0.39, 0.29) is 6.61 Å². The number of β-lactam (4-membered cyclic amide) rings is 1. The van der Waals surface area contributed by atoms with Crippen molar-refractivity contribution in [3.63, 3.8) is 0 Å². The van der Waals surface area contributed by atoms with Gasteiger partial charge in [0.05, 0.1) is 0 Å². The number of amides is 2. The van der Waals surface area contributed by atoms with Crippen LogP contribution in [0.4, 0.5) is 0 Å². The van der Waals surface area contributed by atoms with Gasteiger partial charge in [-0.3, -0.25) is 14.4 Å². The van der Waals surface area contributed by atoms with Crippen molar-refractivity contribution in [3.8, 4) is 5.75 Å². The van der Waals surface area contributed by atoms with Crippen molar-refractivity contribution in [1.29, 1.82) is 0 Å². The molecular formula is C13H14N2O5. The summed E-state index contributed by atoms with van der Waals surface area (Å²) in [5.41, 5.74) is 0. The zero-order valence-corrected chi connectivity index (χ0v) is 10.8.